The number of rotatable bonds is 7. The molecule has 4 rings (SSSR count). The second-order valence-corrected chi connectivity index (χ2v) is 7.24. The van der Waals surface area contributed by atoms with Gasteiger partial charge < -0.3 is 20.4 Å². The summed E-state index contributed by atoms with van der Waals surface area (Å²) < 4.78 is 9.80. The van der Waals surface area contributed by atoms with Crippen LogP contribution in [0.15, 0.2) is 64.5 Å². The van der Waals surface area contributed by atoms with E-state index < -0.39 is 0 Å². The van der Waals surface area contributed by atoms with Crippen LogP contribution in [0.2, 0.25) is 0 Å². The Kier molecular flexibility index (Phi) is 5.82. The van der Waals surface area contributed by atoms with Crippen molar-refractivity contribution in [2.24, 2.45) is 5.73 Å². The molecule has 0 aliphatic heterocycles. The number of aromatic nitrogens is 3. The summed E-state index contributed by atoms with van der Waals surface area (Å²) in [5, 5.41) is 9.13. The van der Waals surface area contributed by atoms with E-state index in [9.17, 15) is 4.79 Å². The number of nitrogens with two attached hydrogens (primary N) is 1. The number of benzene rings is 2. The van der Waals surface area contributed by atoms with Crippen LogP contribution in [0.4, 0.5) is 11.7 Å². The number of carbonyl (C=O) groups excluding carboxylic acids is 1. The van der Waals surface area contributed by atoms with Crippen molar-refractivity contribution in [2.45, 2.75) is 6.54 Å². The van der Waals surface area contributed by atoms with E-state index in [2.05, 4.69) is 19.9 Å². The van der Waals surface area contributed by atoms with Crippen molar-refractivity contribution in [1.29, 1.82) is 0 Å². The molecule has 8 nitrogen and oxygen atoms in total. The van der Waals surface area contributed by atoms with Gasteiger partial charge in [-0.2, -0.15) is 0 Å². The van der Waals surface area contributed by atoms with Gasteiger partial charge in [-0.05, 0) is 29.2 Å². The molecule has 2 heterocycles. The van der Waals surface area contributed by atoms with Crippen molar-refractivity contribution in [1.82, 2.24) is 19.5 Å². The zero-order valence-corrected chi connectivity index (χ0v) is 17.1. The smallest absolute Gasteiger partial charge is 0.299 e. The number of likely N-dealkylation sites (N-methyl/N-ethyl adjacent to an activating group) is 1. The van der Waals surface area contributed by atoms with Crippen molar-refractivity contribution < 1.29 is 9.21 Å². The van der Waals surface area contributed by atoms with Crippen LogP contribution < -0.4 is 11.1 Å². The standard InChI is InChI=1S/C21H20N6O2S/c1-27(20(28)10-22)12-15-4-2-3-5-17(15)19-11-23-21(29-19)24-16-8-6-14(7-9-16)18-13-30-26-25-18/h2-9,11,13H,10,12,22H2,1H3,(H,23,24). The summed E-state index contributed by atoms with van der Waals surface area (Å²) in [6.07, 6.45) is 1.67. The molecule has 2 aromatic carbocycles. The Morgan fingerprint density at radius 2 is 2.00 bits per heavy atom. The lowest BCUT2D eigenvalue weighted by molar-refractivity contribution is -0.128. The summed E-state index contributed by atoms with van der Waals surface area (Å²) in [4.78, 5) is 17.7. The summed E-state index contributed by atoms with van der Waals surface area (Å²) in [7, 11) is 1.73. The first-order valence-corrected chi connectivity index (χ1v) is 10.1. The first-order valence-electron chi connectivity index (χ1n) is 9.26. The van der Waals surface area contributed by atoms with Crippen molar-refractivity contribution in [3.05, 3.63) is 65.7 Å². The molecule has 0 fully saturated rings. The first kappa shape index (κ1) is 19.7. The molecule has 0 saturated carbocycles. The van der Waals surface area contributed by atoms with Crippen molar-refractivity contribution in [3.8, 4) is 22.6 Å². The zero-order chi connectivity index (χ0) is 20.9. The molecular weight excluding hydrogens is 400 g/mol. The van der Waals surface area contributed by atoms with Crippen LogP contribution in [0.1, 0.15) is 5.56 Å². The lowest BCUT2D eigenvalue weighted by atomic mass is 10.1. The predicted octanol–water partition coefficient (Wildman–Crippen LogP) is 3.52. The maximum Gasteiger partial charge on any atom is 0.299 e. The Hall–Kier alpha value is -3.56. The van der Waals surface area contributed by atoms with Gasteiger partial charge >= 0.3 is 0 Å². The number of amides is 1. The summed E-state index contributed by atoms with van der Waals surface area (Å²) in [5.74, 6) is 0.494. The van der Waals surface area contributed by atoms with Gasteiger partial charge in [-0.15, -0.1) is 5.10 Å². The number of hydrogen-bond donors (Lipinski definition) is 2. The second-order valence-electron chi connectivity index (χ2n) is 6.63. The number of oxazole rings is 1. The van der Waals surface area contributed by atoms with Crippen LogP contribution in [0, 0.1) is 0 Å². The molecule has 0 radical (unpaired) electrons. The van der Waals surface area contributed by atoms with Gasteiger partial charge in [0.15, 0.2) is 5.76 Å². The molecule has 2 aromatic heterocycles. The van der Waals surface area contributed by atoms with Crippen LogP contribution >= 0.6 is 11.5 Å². The highest BCUT2D eigenvalue weighted by atomic mass is 32.1. The van der Waals surface area contributed by atoms with Crippen LogP contribution in [0.25, 0.3) is 22.6 Å². The van der Waals surface area contributed by atoms with Gasteiger partial charge in [-0.3, -0.25) is 4.79 Å². The van der Waals surface area contributed by atoms with Crippen molar-refractivity contribution in [3.63, 3.8) is 0 Å². The molecule has 0 aliphatic carbocycles. The van der Waals surface area contributed by atoms with Crippen LogP contribution in [0.3, 0.4) is 0 Å². The molecule has 0 spiro atoms. The second kappa shape index (κ2) is 8.85. The Labute approximate surface area is 177 Å². The fourth-order valence-corrected chi connectivity index (χ4v) is 3.46. The summed E-state index contributed by atoms with van der Waals surface area (Å²) in [6.45, 7) is 0.412. The van der Waals surface area contributed by atoms with Crippen molar-refractivity contribution >= 4 is 29.1 Å². The minimum absolute atomic E-state index is 0.0210. The third-order valence-corrected chi connectivity index (χ3v) is 5.09. The average Bonchev–Trinajstić information content (AvgIpc) is 3.46. The van der Waals surface area contributed by atoms with Gasteiger partial charge in [-0.25, -0.2) is 4.98 Å². The minimum atomic E-state index is -0.124. The first-order chi connectivity index (χ1) is 14.6. The van der Waals surface area contributed by atoms with Crippen molar-refractivity contribution in [2.75, 3.05) is 18.9 Å². The third kappa shape index (κ3) is 4.37. The lowest BCUT2D eigenvalue weighted by Crippen LogP contribution is -2.32. The van der Waals surface area contributed by atoms with E-state index >= 15 is 0 Å². The normalized spacial score (nSPS) is 10.7. The van der Waals surface area contributed by atoms with Crippen LogP contribution in [-0.4, -0.2) is 39.0 Å². The van der Waals surface area contributed by atoms with E-state index in [0.717, 1.165) is 28.1 Å². The monoisotopic (exact) mass is 420 g/mol. The number of nitrogens with zero attached hydrogens (tertiary/aromatic N) is 4. The number of hydrogen-bond acceptors (Lipinski definition) is 8. The fourth-order valence-electron chi connectivity index (χ4n) is 2.99. The highest BCUT2D eigenvalue weighted by Gasteiger charge is 2.14. The molecule has 3 N–H and O–H groups in total. The summed E-state index contributed by atoms with van der Waals surface area (Å²) in [5.41, 5.74) is 9.97. The molecule has 9 heteroatoms. The summed E-state index contributed by atoms with van der Waals surface area (Å²) in [6, 6.07) is 15.9. The third-order valence-electron chi connectivity index (χ3n) is 4.59. The highest BCUT2D eigenvalue weighted by Crippen LogP contribution is 2.28. The minimum Gasteiger partial charge on any atom is -0.423 e. The van der Waals surface area contributed by atoms with Gasteiger partial charge in [-0.1, -0.05) is 40.9 Å². The average molecular weight is 420 g/mol. The van der Waals surface area contributed by atoms with Crippen LogP contribution in [-0.2, 0) is 11.3 Å². The van der Waals surface area contributed by atoms with E-state index in [1.54, 1.807) is 18.1 Å². The summed E-state index contributed by atoms with van der Waals surface area (Å²) >= 11 is 1.32. The Morgan fingerprint density at radius 3 is 2.73 bits per heavy atom. The van der Waals surface area contributed by atoms with E-state index in [1.807, 2.05) is 53.9 Å². The van der Waals surface area contributed by atoms with Crippen LogP contribution in [0.5, 0.6) is 0 Å². The molecule has 0 saturated heterocycles. The molecule has 0 unspecified atom stereocenters. The van der Waals surface area contributed by atoms with E-state index in [0.29, 0.717) is 18.3 Å². The number of nitrogens with one attached hydrogen (secondary N) is 1. The fraction of sp³-hybridized carbons (Fsp3) is 0.143. The lowest BCUT2D eigenvalue weighted by Gasteiger charge is -2.17. The Morgan fingerprint density at radius 1 is 1.20 bits per heavy atom. The predicted molar refractivity (Wildman–Crippen MR) is 116 cm³/mol. The molecule has 1 amide bonds. The molecule has 152 valence electrons. The van der Waals surface area contributed by atoms with Gasteiger partial charge in [0.05, 0.1) is 12.7 Å². The van der Waals surface area contributed by atoms with Gasteiger partial charge in [0, 0.05) is 35.8 Å². The molecule has 0 aliphatic rings. The highest BCUT2D eigenvalue weighted by molar-refractivity contribution is 7.03. The van der Waals surface area contributed by atoms with E-state index in [-0.39, 0.29) is 12.5 Å². The SMILES string of the molecule is CN(Cc1ccccc1-c1cnc(Nc2ccc(-c3csnn3)cc2)o1)C(=O)CN. The van der Waals surface area contributed by atoms with Gasteiger partial charge in [0.2, 0.25) is 5.91 Å². The zero-order valence-electron chi connectivity index (χ0n) is 16.3. The van der Waals surface area contributed by atoms with E-state index in [4.69, 9.17) is 10.2 Å². The molecule has 0 atom stereocenters. The Bertz CT molecular complexity index is 1120. The van der Waals surface area contributed by atoms with Gasteiger partial charge in [0.1, 0.15) is 5.69 Å². The molecule has 4 aromatic rings. The number of carbonyl (C=O) groups is 1. The molecular formula is C21H20N6O2S. The topological polar surface area (TPSA) is 110 Å². The van der Waals surface area contributed by atoms with E-state index in [1.165, 1.54) is 11.5 Å². The van der Waals surface area contributed by atoms with Gasteiger partial charge in [0.25, 0.3) is 6.01 Å². The quantitative estimate of drug-likeness (QED) is 0.471. The maximum atomic E-state index is 11.8. The number of anilines is 2. The molecule has 0 bridgehead atoms. The molecule has 30 heavy (non-hydrogen) atoms. The maximum absolute atomic E-state index is 11.8. The largest absolute Gasteiger partial charge is 0.423 e. The Balaban J connectivity index is 1.50.